The zero-order chi connectivity index (χ0) is 12.1. The quantitative estimate of drug-likeness (QED) is 0.631. The van der Waals surface area contributed by atoms with Gasteiger partial charge in [-0.05, 0) is 24.3 Å². The van der Waals surface area contributed by atoms with Crippen molar-refractivity contribution in [3.05, 3.63) is 23.3 Å². The van der Waals surface area contributed by atoms with Gasteiger partial charge < -0.3 is 5.73 Å². The van der Waals surface area contributed by atoms with Gasteiger partial charge in [0.15, 0.2) is 0 Å². The summed E-state index contributed by atoms with van der Waals surface area (Å²) in [5.41, 5.74) is 5.25. The maximum Gasteiger partial charge on any atom is 0.133 e. The van der Waals surface area contributed by atoms with Gasteiger partial charge in [0.2, 0.25) is 0 Å². The summed E-state index contributed by atoms with van der Waals surface area (Å²) in [6.45, 7) is 6.34. The smallest absolute Gasteiger partial charge is 0.133 e. The third-order valence-corrected chi connectivity index (χ3v) is 2.92. The second-order valence-corrected chi connectivity index (χ2v) is 5.81. The zero-order valence-electron chi connectivity index (χ0n) is 9.57. The topological polar surface area (TPSA) is 93.0 Å². The van der Waals surface area contributed by atoms with E-state index in [1.165, 1.54) is 0 Å². The van der Waals surface area contributed by atoms with Gasteiger partial charge in [0.25, 0.3) is 0 Å². The summed E-state index contributed by atoms with van der Waals surface area (Å²) in [4.78, 5) is 0.179. The molecule has 0 rings (SSSR count). The van der Waals surface area contributed by atoms with Crippen LogP contribution in [0.2, 0.25) is 0 Å². The van der Waals surface area contributed by atoms with Gasteiger partial charge in [-0.15, -0.1) is 0 Å². The minimum atomic E-state index is -3.19. The first kappa shape index (κ1) is 14.2. The number of hydrogen-bond acceptors (Lipinski definition) is 3. The minimum absolute atomic E-state index is 0.179. The number of rotatable bonds is 5. The molecule has 0 aliphatic heterocycles. The Bertz CT molecular complexity index is 342. The van der Waals surface area contributed by atoms with Crippen LogP contribution in [0.1, 0.15) is 27.2 Å². The van der Waals surface area contributed by atoms with Gasteiger partial charge in [-0.1, -0.05) is 26.8 Å². The van der Waals surface area contributed by atoms with Crippen molar-refractivity contribution < 1.29 is 4.21 Å². The van der Waals surface area contributed by atoms with Gasteiger partial charge in [-0.3, -0.25) is 0 Å². The fourth-order valence-electron chi connectivity index (χ4n) is 1.34. The molecule has 0 saturated heterocycles. The Morgan fingerprint density at radius 3 is 2.33 bits per heavy atom. The molecule has 2 atom stereocenters. The molecule has 0 saturated carbocycles. The van der Waals surface area contributed by atoms with Crippen LogP contribution in [0, 0.1) is 16.6 Å². The Labute approximate surface area is 92.5 Å². The molecule has 0 aromatic carbocycles. The average molecular weight is 231 g/mol. The minimum Gasteiger partial charge on any atom is -0.404 e. The van der Waals surface area contributed by atoms with E-state index in [2.05, 4.69) is 20.8 Å². The molecule has 0 fully saturated rings. The molecule has 5 heteroatoms. The first-order valence-electron chi connectivity index (χ1n) is 4.94. The van der Waals surface area contributed by atoms with E-state index in [9.17, 15) is 4.21 Å². The summed E-state index contributed by atoms with van der Waals surface area (Å²) in [5.74, 6) is 0.967. The van der Waals surface area contributed by atoms with Crippen molar-refractivity contribution in [3.63, 3.8) is 0 Å². The molecule has 0 amide bonds. The molecular weight excluding hydrogens is 210 g/mol. The molecule has 0 heterocycles. The number of allylic oxidation sites excluding steroid dienone is 2. The van der Waals surface area contributed by atoms with Crippen LogP contribution in [-0.4, -0.2) is 4.21 Å². The van der Waals surface area contributed by atoms with E-state index in [0.717, 1.165) is 12.6 Å². The lowest BCUT2D eigenvalue weighted by Gasteiger charge is -2.09. The molecule has 0 aliphatic rings. The maximum atomic E-state index is 11.2. The van der Waals surface area contributed by atoms with Crippen LogP contribution in [-0.2, 0) is 9.92 Å². The fourth-order valence-corrected chi connectivity index (χ4v) is 1.82. The van der Waals surface area contributed by atoms with Gasteiger partial charge in [0.1, 0.15) is 9.92 Å². The lowest BCUT2D eigenvalue weighted by atomic mass is 9.99. The fraction of sp³-hybridized carbons (Fsp3) is 0.600. The highest BCUT2D eigenvalue weighted by molar-refractivity contribution is 7.94. The Balaban J connectivity index is 4.52. The van der Waals surface area contributed by atoms with E-state index in [-0.39, 0.29) is 4.91 Å². The highest BCUT2D eigenvalue weighted by Gasteiger charge is 2.05. The first-order valence-corrected chi connectivity index (χ1v) is 6.56. The number of hydrogen-bond donors (Lipinski definition) is 3. The van der Waals surface area contributed by atoms with E-state index in [0.29, 0.717) is 11.8 Å². The zero-order valence-corrected chi connectivity index (χ0v) is 10.4. The van der Waals surface area contributed by atoms with Crippen molar-refractivity contribution in [1.29, 1.82) is 4.78 Å². The molecule has 88 valence electrons. The summed E-state index contributed by atoms with van der Waals surface area (Å²) in [5, 5.41) is 5.17. The normalized spacial score (nSPS) is 19.4. The maximum absolute atomic E-state index is 11.2. The summed E-state index contributed by atoms with van der Waals surface area (Å²) in [6, 6.07) is 0. The molecular formula is C10H21N3OS. The molecule has 4 nitrogen and oxygen atoms in total. The molecule has 0 aliphatic carbocycles. The molecule has 15 heavy (non-hydrogen) atoms. The van der Waals surface area contributed by atoms with Crippen LogP contribution in [0.15, 0.2) is 23.3 Å². The summed E-state index contributed by atoms with van der Waals surface area (Å²) < 4.78 is 18.4. The monoisotopic (exact) mass is 231 g/mol. The van der Waals surface area contributed by atoms with Crippen molar-refractivity contribution in [2.75, 3.05) is 0 Å². The van der Waals surface area contributed by atoms with Crippen molar-refractivity contribution in [1.82, 2.24) is 0 Å². The summed E-state index contributed by atoms with van der Waals surface area (Å²) >= 11 is 0. The van der Waals surface area contributed by atoms with E-state index >= 15 is 0 Å². The Hall–Kier alpha value is -0.810. The standard InChI is InChI=1S/C10H21N3OS/c1-8(2)6-9(3)4-5-10(7-11)15(12,13)14/h4-5,7-9H,6,11H2,1-3H3,(H3,12,13,14)/b5-4-,10-7+. The summed E-state index contributed by atoms with van der Waals surface area (Å²) in [7, 11) is -3.19. The molecule has 0 spiro atoms. The lowest BCUT2D eigenvalue weighted by Crippen LogP contribution is -2.13. The molecule has 5 N–H and O–H groups in total. The van der Waals surface area contributed by atoms with E-state index in [4.69, 9.17) is 15.7 Å². The SMILES string of the molecule is CC(C)CC(C)/C=C\C(=C/N)S(=N)(N)=O. The number of nitrogens with one attached hydrogen (secondary N) is 1. The van der Waals surface area contributed by atoms with E-state index < -0.39 is 9.92 Å². The molecule has 0 bridgehead atoms. The largest absolute Gasteiger partial charge is 0.404 e. The van der Waals surface area contributed by atoms with Crippen LogP contribution < -0.4 is 10.9 Å². The lowest BCUT2D eigenvalue weighted by molar-refractivity contribution is 0.503. The van der Waals surface area contributed by atoms with Crippen molar-refractivity contribution in [2.45, 2.75) is 27.2 Å². The highest BCUT2D eigenvalue weighted by Crippen LogP contribution is 2.14. The second-order valence-electron chi connectivity index (χ2n) is 4.14. The Kier molecular flexibility index (Phi) is 5.60. The van der Waals surface area contributed by atoms with Gasteiger partial charge in [0.05, 0.1) is 4.91 Å². The predicted molar refractivity (Wildman–Crippen MR) is 65.1 cm³/mol. The summed E-state index contributed by atoms with van der Waals surface area (Å²) in [6.07, 6.45) is 5.65. The molecule has 0 aromatic rings. The molecule has 2 unspecified atom stereocenters. The van der Waals surface area contributed by atoms with Crippen LogP contribution >= 0.6 is 0 Å². The predicted octanol–water partition coefficient (Wildman–Crippen LogP) is 1.95. The van der Waals surface area contributed by atoms with Crippen molar-refractivity contribution in [3.8, 4) is 0 Å². The first-order chi connectivity index (χ1) is 6.77. The number of nitrogens with two attached hydrogens (primary N) is 2. The third kappa shape index (κ3) is 6.30. The third-order valence-electron chi connectivity index (χ3n) is 1.95. The van der Waals surface area contributed by atoms with Gasteiger partial charge >= 0.3 is 0 Å². The Morgan fingerprint density at radius 2 is 2.00 bits per heavy atom. The highest BCUT2D eigenvalue weighted by atomic mass is 32.2. The average Bonchev–Trinajstić information content (AvgIpc) is 2.01. The van der Waals surface area contributed by atoms with Crippen molar-refractivity contribution >= 4 is 9.92 Å². The van der Waals surface area contributed by atoms with E-state index in [1.807, 2.05) is 6.08 Å². The Morgan fingerprint density at radius 1 is 1.47 bits per heavy atom. The van der Waals surface area contributed by atoms with Crippen LogP contribution in [0.25, 0.3) is 0 Å². The van der Waals surface area contributed by atoms with Gasteiger partial charge in [-0.2, -0.15) is 0 Å². The van der Waals surface area contributed by atoms with Gasteiger partial charge in [-0.25, -0.2) is 14.1 Å². The van der Waals surface area contributed by atoms with Gasteiger partial charge in [0, 0.05) is 6.20 Å². The van der Waals surface area contributed by atoms with Crippen LogP contribution in [0.5, 0.6) is 0 Å². The molecule has 0 aromatic heterocycles. The van der Waals surface area contributed by atoms with E-state index in [1.54, 1.807) is 6.08 Å². The van der Waals surface area contributed by atoms with Crippen LogP contribution in [0.3, 0.4) is 0 Å². The second kappa shape index (κ2) is 5.92. The van der Waals surface area contributed by atoms with Crippen LogP contribution in [0.4, 0.5) is 0 Å². The van der Waals surface area contributed by atoms with Crippen molar-refractivity contribution in [2.24, 2.45) is 22.7 Å². The molecule has 0 radical (unpaired) electrons.